The van der Waals surface area contributed by atoms with Crippen LogP contribution in [0.5, 0.6) is 0 Å². The van der Waals surface area contributed by atoms with Crippen molar-refractivity contribution < 1.29 is 9.26 Å². The van der Waals surface area contributed by atoms with E-state index in [0.717, 1.165) is 36.0 Å². The zero-order valence-corrected chi connectivity index (χ0v) is 13.5. The second kappa shape index (κ2) is 6.25. The molecular formula is C15H18BrN3O2. The first-order valence-electron chi connectivity index (χ1n) is 7.03. The highest BCUT2D eigenvalue weighted by molar-refractivity contribution is 9.10. The highest BCUT2D eigenvalue weighted by atomic mass is 79.9. The van der Waals surface area contributed by atoms with E-state index < -0.39 is 0 Å². The fourth-order valence-electron chi connectivity index (χ4n) is 2.79. The SMILES string of the molecule is COCC1(c2nc(-c3cccc(Br)c3)no2)CCNCC1. The van der Waals surface area contributed by atoms with Gasteiger partial charge in [-0.3, -0.25) is 0 Å². The molecule has 0 aliphatic carbocycles. The number of nitrogens with one attached hydrogen (secondary N) is 1. The molecule has 0 spiro atoms. The zero-order valence-electron chi connectivity index (χ0n) is 11.9. The molecule has 5 nitrogen and oxygen atoms in total. The Balaban J connectivity index is 1.92. The van der Waals surface area contributed by atoms with Crippen LogP contribution in [0, 0.1) is 0 Å². The number of hydrogen-bond acceptors (Lipinski definition) is 5. The van der Waals surface area contributed by atoms with Crippen LogP contribution in [0.3, 0.4) is 0 Å². The molecule has 2 aromatic rings. The fraction of sp³-hybridized carbons (Fsp3) is 0.467. The van der Waals surface area contributed by atoms with Gasteiger partial charge in [0, 0.05) is 17.1 Å². The van der Waals surface area contributed by atoms with Gasteiger partial charge in [0.2, 0.25) is 11.7 Å². The topological polar surface area (TPSA) is 60.2 Å². The quantitative estimate of drug-likeness (QED) is 0.917. The van der Waals surface area contributed by atoms with E-state index >= 15 is 0 Å². The number of methoxy groups -OCH3 is 1. The van der Waals surface area contributed by atoms with Gasteiger partial charge in [0.05, 0.1) is 12.0 Å². The van der Waals surface area contributed by atoms with Gasteiger partial charge < -0.3 is 14.6 Å². The number of aromatic nitrogens is 2. The molecule has 2 heterocycles. The van der Waals surface area contributed by atoms with Crippen molar-refractivity contribution in [3.8, 4) is 11.4 Å². The summed E-state index contributed by atoms with van der Waals surface area (Å²) in [6.45, 7) is 2.49. The van der Waals surface area contributed by atoms with Crippen LogP contribution in [0.4, 0.5) is 0 Å². The second-order valence-electron chi connectivity index (χ2n) is 5.40. The molecule has 21 heavy (non-hydrogen) atoms. The highest BCUT2D eigenvalue weighted by Crippen LogP contribution is 2.34. The third kappa shape index (κ3) is 3.02. The molecule has 0 amide bonds. The zero-order chi connectivity index (χ0) is 14.7. The maximum Gasteiger partial charge on any atom is 0.235 e. The van der Waals surface area contributed by atoms with Crippen molar-refractivity contribution in [1.29, 1.82) is 0 Å². The van der Waals surface area contributed by atoms with Gasteiger partial charge in [0.1, 0.15) is 0 Å². The minimum atomic E-state index is -0.169. The first-order chi connectivity index (χ1) is 10.2. The Morgan fingerprint density at radius 2 is 2.19 bits per heavy atom. The highest BCUT2D eigenvalue weighted by Gasteiger charge is 2.39. The van der Waals surface area contributed by atoms with Crippen molar-refractivity contribution in [2.45, 2.75) is 18.3 Å². The smallest absolute Gasteiger partial charge is 0.235 e. The van der Waals surface area contributed by atoms with Crippen LogP contribution in [-0.4, -0.2) is 36.9 Å². The van der Waals surface area contributed by atoms with Gasteiger partial charge in [-0.1, -0.05) is 33.2 Å². The lowest BCUT2D eigenvalue weighted by Gasteiger charge is -2.33. The molecule has 1 aliphatic heterocycles. The average molecular weight is 352 g/mol. The van der Waals surface area contributed by atoms with E-state index in [2.05, 4.69) is 31.4 Å². The maximum absolute atomic E-state index is 5.57. The van der Waals surface area contributed by atoms with E-state index in [4.69, 9.17) is 9.26 Å². The molecule has 1 aromatic carbocycles. The molecule has 6 heteroatoms. The van der Waals surface area contributed by atoms with Crippen molar-refractivity contribution in [2.24, 2.45) is 0 Å². The Morgan fingerprint density at radius 1 is 1.38 bits per heavy atom. The molecule has 0 bridgehead atoms. The number of benzene rings is 1. The van der Waals surface area contributed by atoms with Crippen LogP contribution in [0.15, 0.2) is 33.3 Å². The molecule has 0 atom stereocenters. The van der Waals surface area contributed by atoms with Gasteiger partial charge >= 0.3 is 0 Å². The summed E-state index contributed by atoms with van der Waals surface area (Å²) < 4.78 is 12.0. The Kier molecular flexibility index (Phi) is 4.37. The van der Waals surface area contributed by atoms with Gasteiger partial charge in [-0.05, 0) is 38.1 Å². The van der Waals surface area contributed by atoms with Crippen LogP contribution < -0.4 is 5.32 Å². The summed E-state index contributed by atoms with van der Waals surface area (Å²) in [5, 5.41) is 7.51. The van der Waals surface area contributed by atoms with Crippen molar-refractivity contribution >= 4 is 15.9 Å². The van der Waals surface area contributed by atoms with Gasteiger partial charge in [0.25, 0.3) is 0 Å². The molecule has 1 fully saturated rings. The van der Waals surface area contributed by atoms with Crippen molar-refractivity contribution in [1.82, 2.24) is 15.5 Å². The van der Waals surface area contributed by atoms with Crippen LogP contribution in [0.2, 0.25) is 0 Å². The van der Waals surface area contributed by atoms with Gasteiger partial charge in [0.15, 0.2) is 0 Å². The van der Waals surface area contributed by atoms with Crippen LogP contribution in [0.1, 0.15) is 18.7 Å². The molecule has 1 saturated heterocycles. The average Bonchev–Trinajstić information content (AvgIpc) is 2.99. The summed E-state index contributed by atoms with van der Waals surface area (Å²) in [6, 6.07) is 7.90. The molecule has 0 unspecified atom stereocenters. The maximum atomic E-state index is 5.57. The monoisotopic (exact) mass is 351 g/mol. The van der Waals surface area contributed by atoms with E-state index in [9.17, 15) is 0 Å². The van der Waals surface area contributed by atoms with Crippen molar-refractivity contribution in [3.05, 3.63) is 34.6 Å². The lowest BCUT2D eigenvalue weighted by atomic mass is 9.79. The normalized spacial score (nSPS) is 17.8. The van der Waals surface area contributed by atoms with Crippen molar-refractivity contribution in [3.63, 3.8) is 0 Å². The molecule has 3 rings (SSSR count). The molecule has 1 aliphatic rings. The van der Waals surface area contributed by atoms with Crippen molar-refractivity contribution in [2.75, 3.05) is 26.8 Å². The standard InChI is InChI=1S/C15H18BrN3O2/c1-20-10-15(5-7-17-8-6-15)14-18-13(19-21-14)11-3-2-4-12(16)9-11/h2-4,9,17H,5-8,10H2,1H3. The third-order valence-corrected chi connectivity index (χ3v) is 4.44. The Morgan fingerprint density at radius 3 is 2.90 bits per heavy atom. The molecule has 0 radical (unpaired) electrons. The molecule has 112 valence electrons. The Hall–Kier alpha value is -1.24. The molecule has 1 N–H and O–H groups in total. The first-order valence-corrected chi connectivity index (χ1v) is 7.83. The summed E-state index contributed by atoms with van der Waals surface area (Å²) in [4.78, 5) is 4.63. The summed E-state index contributed by atoms with van der Waals surface area (Å²) >= 11 is 3.46. The fourth-order valence-corrected chi connectivity index (χ4v) is 3.18. The summed E-state index contributed by atoms with van der Waals surface area (Å²) in [6.07, 6.45) is 1.89. The molecule has 1 aromatic heterocycles. The van der Waals surface area contributed by atoms with Crippen LogP contribution in [-0.2, 0) is 10.2 Å². The molecule has 0 saturated carbocycles. The van der Waals surface area contributed by atoms with E-state index in [1.54, 1.807) is 7.11 Å². The Labute approximate surface area is 132 Å². The second-order valence-corrected chi connectivity index (χ2v) is 6.31. The van der Waals surface area contributed by atoms with E-state index in [1.165, 1.54) is 0 Å². The number of halogens is 1. The van der Waals surface area contributed by atoms with Gasteiger partial charge in [-0.2, -0.15) is 4.98 Å². The van der Waals surface area contributed by atoms with Gasteiger partial charge in [-0.15, -0.1) is 0 Å². The van der Waals surface area contributed by atoms with Gasteiger partial charge in [-0.25, -0.2) is 0 Å². The van der Waals surface area contributed by atoms with E-state index in [-0.39, 0.29) is 5.41 Å². The number of piperidine rings is 1. The van der Waals surface area contributed by atoms with Crippen LogP contribution in [0.25, 0.3) is 11.4 Å². The number of hydrogen-bond donors (Lipinski definition) is 1. The Bertz CT molecular complexity index is 603. The predicted molar refractivity (Wildman–Crippen MR) is 83.1 cm³/mol. The minimum absolute atomic E-state index is 0.169. The number of ether oxygens (including phenoxy) is 1. The summed E-state index contributed by atoms with van der Waals surface area (Å²) in [7, 11) is 1.72. The third-order valence-electron chi connectivity index (χ3n) is 3.94. The van der Waals surface area contributed by atoms with Crippen LogP contribution >= 0.6 is 15.9 Å². The summed E-state index contributed by atoms with van der Waals surface area (Å²) in [5.74, 6) is 1.31. The van der Waals surface area contributed by atoms with E-state index in [0.29, 0.717) is 18.3 Å². The van der Waals surface area contributed by atoms with E-state index in [1.807, 2.05) is 24.3 Å². The molecular weight excluding hydrogens is 334 g/mol. The lowest BCUT2D eigenvalue weighted by molar-refractivity contribution is 0.0850. The summed E-state index contributed by atoms with van der Waals surface area (Å²) in [5.41, 5.74) is 0.776. The minimum Gasteiger partial charge on any atom is -0.384 e. The lowest BCUT2D eigenvalue weighted by Crippen LogP contribution is -2.43. The first kappa shape index (κ1) is 14.7. The predicted octanol–water partition coefficient (Wildman–Crippen LogP) is 2.77. The number of rotatable bonds is 4. The number of nitrogens with zero attached hydrogens (tertiary/aromatic N) is 2. The largest absolute Gasteiger partial charge is 0.384 e.